The van der Waals surface area contributed by atoms with Crippen LogP contribution in [0, 0.1) is 0 Å². The second-order valence-corrected chi connectivity index (χ2v) is 10.7. The van der Waals surface area contributed by atoms with E-state index in [-0.39, 0.29) is 22.9 Å². The highest BCUT2D eigenvalue weighted by Gasteiger charge is 2.47. The first kappa shape index (κ1) is 22.0. The number of benzene rings is 1. The molecule has 1 aromatic rings. The molecule has 1 aromatic carbocycles. The molecular weight excluding hydrogens is 462 g/mol. The molecule has 7 nitrogen and oxygen atoms in total. The van der Waals surface area contributed by atoms with Crippen LogP contribution in [0.4, 0.5) is 4.79 Å². The number of carbonyl (C=O) groups excluding carboxylic acids is 2. The molecule has 1 aliphatic heterocycles. The third-order valence-electron chi connectivity index (χ3n) is 4.00. The number of hydrogen-bond donors (Lipinski definition) is 0. The maximum atomic E-state index is 13.0. The van der Waals surface area contributed by atoms with Gasteiger partial charge in [0.05, 0.1) is 22.3 Å². The van der Waals surface area contributed by atoms with Crippen molar-refractivity contribution in [1.29, 1.82) is 0 Å². The molecule has 0 spiro atoms. The van der Waals surface area contributed by atoms with Gasteiger partial charge in [-0.25, -0.2) is 18.0 Å². The summed E-state index contributed by atoms with van der Waals surface area (Å²) in [5, 5.41) is -0.942. The standard InChI is InChI=1S/C17H21BrClNO6S/c1-17(2,3)26-16(22)20-9-11(8-13(20)15(21)25-4)27(23,24)14-6-5-10(18)7-12(14)19/h5-7,11,13H,8-9H2,1-4H3/t11-,13+/m1/s1. The van der Waals surface area contributed by atoms with Crippen LogP contribution in [0.3, 0.4) is 0 Å². The Morgan fingerprint density at radius 1 is 1.30 bits per heavy atom. The zero-order chi connectivity index (χ0) is 20.6. The van der Waals surface area contributed by atoms with E-state index in [1.807, 2.05) is 0 Å². The Morgan fingerprint density at radius 3 is 2.44 bits per heavy atom. The predicted molar refractivity (Wildman–Crippen MR) is 103 cm³/mol. The average Bonchev–Trinajstić information content (AvgIpc) is 2.98. The van der Waals surface area contributed by atoms with Gasteiger partial charge in [0.15, 0.2) is 9.84 Å². The fourth-order valence-corrected chi connectivity index (χ4v) is 5.53. The van der Waals surface area contributed by atoms with Crippen molar-refractivity contribution in [3.8, 4) is 0 Å². The van der Waals surface area contributed by atoms with Crippen molar-refractivity contribution in [2.45, 2.75) is 49.0 Å². The highest BCUT2D eigenvalue weighted by Crippen LogP contribution is 2.34. The number of ether oxygens (including phenoxy) is 2. The average molecular weight is 483 g/mol. The molecular formula is C17H21BrClNO6S. The molecule has 2 rings (SSSR count). The van der Waals surface area contributed by atoms with Gasteiger partial charge in [-0.1, -0.05) is 27.5 Å². The van der Waals surface area contributed by atoms with Gasteiger partial charge in [-0.05, 0) is 45.4 Å². The summed E-state index contributed by atoms with van der Waals surface area (Å²) < 4.78 is 36.8. The van der Waals surface area contributed by atoms with Gasteiger partial charge >= 0.3 is 12.1 Å². The van der Waals surface area contributed by atoms with E-state index < -0.39 is 38.8 Å². The molecule has 0 aliphatic carbocycles. The number of rotatable bonds is 3. The summed E-state index contributed by atoms with van der Waals surface area (Å²) in [6.07, 6.45) is -0.863. The minimum absolute atomic E-state index is 0.0491. The van der Waals surface area contributed by atoms with Crippen LogP contribution in [-0.4, -0.2) is 55.9 Å². The lowest BCUT2D eigenvalue weighted by molar-refractivity contribution is -0.145. The summed E-state index contributed by atoms with van der Waals surface area (Å²) >= 11 is 9.33. The zero-order valence-corrected chi connectivity index (χ0v) is 18.5. The Morgan fingerprint density at radius 2 is 1.93 bits per heavy atom. The second-order valence-electron chi connectivity index (χ2n) is 7.15. The number of amides is 1. The van der Waals surface area contributed by atoms with Crippen LogP contribution < -0.4 is 0 Å². The molecule has 0 bridgehead atoms. The number of hydrogen-bond acceptors (Lipinski definition) is 6. The highest BCUT2D eigenvalue weighted by atomic mass is 79.9. The number of methoxy groups -OCH3 is 1. The Bertz CT molecular complexity index is 851. The minimum atomic E-state index is -3.88. The van der Waals surface area contributed by atoms with Crippen LogP contribution in [0.2, 0.25) is 5.02 Å². The van der Waals surface area contributed by atoms with Gasteiger partial charge in [0.2, 0.25) is 0 Å². The van der Waals surface area contributed by atoms with E-state index >= 15 is 0 Å². The quantitative estimate of drug-likeness (QED) is 0.613. The third kappa shape index (κ3) is 4.94. The van der Waals surface area contributed by atoms with Gasteiger partial charge in [0.25, 0.3) is 0 Å². The van der Waals surface area contributed by atoms with Crippen LogP contribution in [0.1, 0.15) is 27.2 Å². The normalized spacial score (nSPS) is 20.4. The van der Waals surface area contributed by atoms with Crippen molar-refractivity contribution in [1.82, 2.24) is 4.90 Å². The van der Waals surface area contributed by atoms with Gasteiger partial charge in [0, 0.05) is 11.0 Å². The first-order chi connectivity index (χ1) is 12.4. The second kappa shape index (κ2) is 7.97. The fourth-order valence-electron chi connectivity index (χ4n) is 2.79. The maximum absolute atomic E-state index is 13.0. The van der Waals surface area contributed by atoms with E-state index in [0.29, 0.717) is 4.47 Å². The van der Waals surface area contributed by atoms with E-state index in [4.69, 9.17) is 21.1 Å². The Kier molecular flexibility index (Phi) is 6.48. The van der Waals surface area contributed by atoms with Crippen LogP contribution in [0.5, 0.6) is 0 Å². The van der Waals surface area contributed by atoms with Crippen molar-refractivity contribution < 1.29 is 27.5 Å². The minimum Gasteiger partial charge on any atom is -0.467 e. The van der Waals surface area contributed by atoms with Crippen LogP contribution in [0.25, 0.3) is 0 Å². The highest BCUT2D eigenvalue weighted by molar-refractivity contribution is 9.10. The topological polar surface area (TPSA) is 90.0 Å². The molecule has 1 saturated heterocycles. The molecule has 2 atom stereocenters. The van der Waals surface area contributed by atoms with Crippen molar-refractivity contribution >= 4 is 49.4 Å². The number of likely N-dealkylation sites (tertiary alicyclic amines) is 1. The smallest absolute Gasteiger partial charge is 0.411 e. The van der Waals surface area contributed by atoms with Crippen LogP contribution in [-0.2, 0) is 24.1 Å². The maximum Gasteiger partial charge on any atom is 0.411 e. The number of sulfone groups is 1. The summed E-state index contributed by atoms with van der Waals surface area (Å²) in [5.74, 6) is -0.694. The van der Waals surface area contributed by atoms with E-state index in [1.54, 1.807) is 26.8 Å². The van der Waals surface area contributed by atoms with E-state index in [9.17, 15) is 18.0 Å². The van der Waals surface area contributed by atoms with Gasteiger partial charge < -0.3 is 9.47 Å². The summed E-state index contributed by atoms with van der Waals surface area (Å²) in [4.78, 5) is 25.7. The van der Waals surface area contributed by atoms with Crippen molar-refractivity contribution in [3.63, 3.8) is 0 Å². The summed E-state index contributed by atoms with van der Waals surface area (Å²) in [5.41, 5.74) is -0.788. The number of nitrogens with zero attached hydrogens (tertiary/aromatic N) is 1. The molecule has 10 heteroatoms. The summed E-state index contributed by atoms with van der Waals surface area (Å²) in [6.45, 7) is 4.86. The molecule has 1 aliphatic rings. The molecule has 150 valence electrons. The molecule has 0 aromatic heterocycles. The van der Waals surface area contributed by atoms with E-state index in [2.05, 4.69) is 15.9 Å². The Labute approximate surface area is 172 Å². The number of esters is 1. The predicted octanol–water partition coefficient (Wildman–Crippen LogP) is 3.43. The SMILES string of the molecule is COC(=O)[C@@H]1C[C@@H](S(=O)(=O)c2ccc(Br)cc2Cl)CN1C(=O)OC(C)(C)C. The largest absolute Gasteiger partial charge is 0.467 e. The molecule has 1 fully saturated rings. The third-order valence-corrected chi connectivity index (χ3v) is 7.11. The molecule has 0 unspecified atom stereocenters. The lowest BCUT2D eigenvalue weighted by Crippen LogP contribution is -2.44. The number of carbonyl (C=O) groups is 2. The molecule has 1 heterocycles. The molecule has 0 saturated carbocycles. The van der Waals surface area contributed by atoms with Crippen molar-refractivity contribution in [3.05, 3.63) is 27.7 Å². The lowest BCUT2D eigenvalue weighted by Gasteiger charge is -2.27. The fraction of sp³-hybridized carbons (Fsp3) is 0.529. The molecule has 0 N–H and O–H groups in total. The Balaban J connectivity index is 2.36. The monoisotopic (exact) mass is 481 g/mol. The Hall–Kier alpha value is -1.32. The van der Waals surface area contributed by atoms with Gasteiger partial charge in [-0.15, -0.1) is 0 Å². The summed E-state index contributed by atoms with van der Waals surface area (Å²) in [7, 11) is -2.70. The van der Waals surface area contributed by atoms with E-state index in [0.717, 1.165) is 4.90 Å². The van der Waals surface area contributed by atoms with Crippen LogP contribution >= 0.6 is 27.5 Å². The van der Waals surface area contributed by atoms with Gasteiger partial charge in [0.1, 0.15) is 11.6 Å². The molecule has 0 radical (unpaired) electrons. The van der Waals surface area contributed by atoms with Crippen LogP contribution in [0.15, 0.2) is 27.6 Å². The lowest BCUT2D eigenvalue weighted by atomic mass is 10.2. The van der Waals surface area contributed by atoms with E-state index in [1.165, 1.54) is 19.2 Å². The van der Waals surface area contributed by atoms with Crippen molar-refractivity contribution in [2.75, 3.05) is 13.7 Å². The molecule has 1 amide bonds. The van der Waals surface area contributed by atoms with Gasteiger partial charge in [-0.2, -0.15) is 0 Å². The van der Waals surface area contributed by atoms with Crippen molar-refractivity contribution in [2.24, 2.45) is 0 Å². The molecule has 27 heavy (non-hydrogen) atoms. The first-order valence-electron chi connectivity index (χ1n) is 8.13. The number of halogens is 2. The zero-order valence-electron chi connectivity index (χ0n) is 15.4. The van der Waals surface area contributed by atoms with Gasteiger partial charge in [-0.3, -0.25) is 4.90 Å². The summed E-state index contributed by atoms with van der Waals surface area (Å²) in [6, 6.07) is 3.40. The first-order valence-corrected chi connectivity index (χ1v) is 10.8.